The van der Waals surface area contributed by atoms with E-state index in [1.807, 2.05) is 11.9 Å². The van der Waals surface area contributed by atoms with Crippen molar-refractivity contribution >= 4 is 11.9 Å². The number of nitrogens with one attached hydrogen (secondary N) is 1. The zero-order valence-electron chi connectivity index (χ0n) is 11.6. The fourth-order valence-corrected chi connectivity index (χ4v) is 2.00. The van der Waals surface area contributed by atoms with Crippen molar-refractivity contribution in [1.29, 1.82) is 0 Å². The molecule has 1 saturated heterocycles. The Morgan fingerprint density at radius 1 is 1.11 bits per heavy atom. The predicted octanol–water partition coefficient (Wildman–Crippen LogP) is -0.188. The van der Waals surface area contributed by atoms with Crippen LogP contribution in [0.25, 0.3) is 0 Å². The highest BCUT2D eigenvalue weighted by Crippen LogP contribution is 2.06. The second kappa shape index (κ2) is 7.20. The minimum Gasteiger partial charge on any atom is -0.339 e. The second-order valence-electron chi connectivity index (χ2n) is 4.75. The maximum absolute atomic E-state index is 11.9. The molecule has 3 amide bonds. The number of carbonyl (C=O) groups excluding carboxylic acids is 2. The van der Waals surface area contributed by atoms with Crippen molar-refractivity contribution < 1.29 is 9.59 Å². The lowest BCUT2D eigenvalue weighted by Gasteiger charge is -2.36. The molecule has 104 valence electrons. The molecule has 0 unspecified atom stereocenters. The van der Waals surface area contributed by atoms with E-state index in [1.54, 1.807) is 23.9 Å². The van der Waals surface area contributed by atoms with Crippen LogP contribution in [0, 0.1) is 0 Å². The lowest BCUT2D eigenvalue weighted by Crippen LogP contribution is -2.52. The van der Waals surface area contributed by atoms with Crippen LogP contribution >= 0.6 is 0 Å². The zero-order chi connectivity index (χ0) is 13.5. The third-order valence-electron chi connectivity index (χ3n) is 3.10. The molecule has 1 N–H and O–H groups in total. The van der Waals surface area contributed by atoms with Crippen LogP contribution < -0.4 is 5.32 Å². The van der Waals surface area contributed by atoms with Crippen LogP contribution in [0.15, 0.2) is 0 Å². The van der Waals surface area contributed by atoms with E-state index in [1.165, 1.54) is 0 Å². The average Bonchev–Trinajstić information content (AvgIpc) is 2.38. The van der Waals surface area contributed by atoms with Crippen molar-refractivity contribution in [2.45, 2.75) is 12.8 Å². The molecule has 0 radical (unpaired) electrons. The number of nitrogens with zero attached hydrogens (tertiary/aromatic N) is 3. The fourth-order valence-electron chi connectivity index (χ4n) is 2.00. The van der Waals surface area contributed by atoms with Crippen molar-refractivity contribution in [3.05, 3.63) is 0 Å². The van der Waals surface area contributed by atoms with Crippen molar-refractivity contribution in [2.75, 3.05) is 53.9 Å². The van der Waals surface area contributed by atoms with Gasteiger partial charge in [-0.1, -0.05) is 0 Å². The first-order valence-corrected chi connectivity index (χ1v) is 6.45. The molecule has 0 saturated carbocycles. The summed E-state index contributed by atoms with van der Waals surface area (Å²) in [5.41, 5.74) is 0. The van der Waals surface area contributed by atoms with Gasteiger partial charge in [-0.2, -0.15) is 0 Å². The summed E-state index contributed by atoms with van der Waals surface area (Å²) in [5.74, 6) is 0.196. The number of urea groups is 1. The Kier molecular flexibility index (Phi) is 5.91. The van der Waals surface area contributed by atoms with Crippen LogP contribution in [0.5, 0.6) is 0 Å². The third-order valence-corrected chi connectivity index (χ3v) is 3.10. The Hall–Kier alpha value is -1.30. The smallest absolute Gasteiger partial charge is 0.319 e. The van der Waals surface area contributed by atoms with Gasteiger partial charge in [0, 0.05) is 46.7 Å². The zero-order valence-corrected chi connectivity index (χ0v) is 11.6. The van der Waals surface area contributed by atoms with Crippen LogP contribution in [0.4, 0.5) is 4.79 Å². The number of hydrogen-bond acceptors (Lipinski definition) is 3. The fraction of sp³-hybridized carbons (Fsp3) is 0.833. The van der Waals surface area contributed by atoms with Crippen LogP contribution in [0.1, 0.15) is 12.8 Å². The van der Waals surface area contributed by atoms with Gasteiger partial charge in [0.1, 0.15) is 0 Å². The van der Waals surface area contributed by atoms with E-state index in [9.17, 15) is 9.59 Å². The maximum Gasteiger partial charge on any atom is 0.319 e. The van der Waals surface area contributed by atoms with Crippen LogP contribution in [-0.4, -0.2) is 80.5 Å². The van der Waals surface area contributed by atoms with Gasteiger partial charge in [0.25, 0.3) is 0 Å². The minimum atomic E-state index is 0.0253. The monoisotopic (exact) mass is 256 g/mol. The predicted molar refractivity (Wildman–Crippen MR) is 70.4 cm³/mol. The Bertz CT molecular complexity index is 286. The molecular formula is C12H24N4O2. The van der Waals surface area contributed by atoms with E-state index in [4.69, 9.17) is 0 Å². The molecule has 1 heterocycles. The van der Waals surface area contributed by atoms with Crippen LogP contribution in [0.3, 0.4) is 0 Å². The molecule has 0 aromatic heterocycles. The van der Waals surface area contributed by atoms with Gasteiger partial charge < -0.3 is 20.0 Å². The summed E-state index contributed by atoms with van der Waals surface area (Å²) >= 11 is 0. The molecule has 6 heteroatoms. The number of amides is 3. The van der Waals surface area contributed by atoms with Crippen molar-refractivity contribution in [2.24, 2.45) is 0 Å². The van der Waals surface area contributed by atoms with E-state index >= 15 is 0 Å². The molecule has 0 atom stereocenters. The molecule has 0 aromatic carbocycles. The van der Waals surface area contributed by atoms with Crippen molar-refractivity contribution in [3.8, 4) is 0 Å². The van der Waals surface area contributed by atoms with E-state index in [-0.39, 0.29) is 11.9 Å². The standard InChI is InChI=1S/C12H24N4O2/c1-13-6-4-5-11(17)15-7-9-16(10-8-15)12(18)14(2)3/h13H,4-10H2,1-3H3. The van der Waals surface area contributed by atoms with Gasteiger partial charge in [-0.05, 0) is 20.0 Å². The first-order chi connectivity index (χ1) is 8.56. The van der Waals surface area contributed by atoms with Gasteiger partial charge in [-0.15, -0.1) is 0 Å². The number of piperazine rings is 1. The van der Waals surface area contributed by atoms with Gasteiger partial charge >= 0.3 is 6.03 Å². The Labute approximate surface area is 109 Å². The summed E-state index contributed by atoms with van der Waals surface area (Å²) in [5, 5.41) is 3.03. The number of hydrogen-bond donors (Lipinski definition) is 1. The molecule has 0 bridgehead atoms. The molecule has 0 aromatic rings. The number of carbonyl (C=O) groups is 2. The Balaban J connectivity index is 2.30. The SMILES string of the molecule is CNCCCC(=O)N1CCN(C(=O)N(C)C)CC1. The van der Waals surface area contributed by atoms with Crippen LogP contribution in [0.2, 0.25) is 0 Å². The van der Waals surface area contributed by atoms with E-state index in [0.29, 0.717) is 32.6 Å². The summed E-state index contributed by atoms with van der Waals surface area (Å²) in [4.78, 5) is 28.8. The summed E-state index contributed by atoms with van der Waals surface area (Å²) in [6.45, 7) is 3.43. The molecule has 18 heavy (non-hydrogen) atoms. The van der Waals surface area contributed by atoms with Gasteiger partial charge in [0.05, 0.1) is 0 Å². The minimum absolute atomic E-state index is 0.0253. The van der Waals surface area contributed by atoms with Crippen molar-refractivity contribution in [1.82, 2.24) is 20.0 Å². The molecule has 1 aliphatic heterocycles. The molecule has 6 nitrogen and oxygen atoms in total. The molecular weight excluding hydrogens is 232 g/mol. The topological polar surface area (TPSA) is 55.9 Å². The molecule has 1 aliphatic rings. The largest absolute Gasteiger partial charge is 0.339 e. The van der Waals surface area contributed by atoms with Gasteiger partial charge in [-0.25, -0.2) is 4.79 Å². The van der Waals surface area contributed by atoms with E-state index in [2.05, 4.69) is 5.32 Å². The van der Waals surface area contributed by atoms with Crippen molar-refractivity contribution in [3.63, 3.8) is 0 Å². The second-order valence-corrected chi connectivity index (χ2v) is 4.75. The van der Waals surface area contributed by atoms with E-state index in [0.717, 1.165) is 13.0 Å². The molecule has 0 spiro atoms. The van der Waals surface area contributed by atoms with Gasteiger partial charge in [-0.3, -0.25) is 4.79 Å². The van der Waals surface area contributed by atoms with E-state index < -0.39 is 0 Å². The summed E-state index contributed by atoms with van der Waals surface area (Å²) in [7, 11) is 5.38. The Morgan fingerprint density at radius 2 is 1.67 bits per heavy atom. The van der Waals surface area contributed by atoms with Gasteiger partial charge in [0.15, 0.2) is 0 Å². The van der Waals surface area contributed by atoms with Crippen LogP contribution in [-0.2, 0) is 4.79 Å². The highest BCUT2D eigenvalue weighted by atomic mass is 16.2. The molecule has 1 fully saturated rings. The highest BCUT2D eigenvalue weighted by Gasteiger charge is 2.24. The molecule has 1 rings (SSSR count). The summed E-state index contributed by atoms with van der Waals surface area (Å²) in [6, 6.07) is 0.0253. The Morgan fingerprint density at radius 3 is 2.17 bits per heavy atom. The molecule has 0 aliphatic carbocycles. The number of rotatable bonds is 4. The third kappa shape index (κ3) is 4.18. The summed E-state index contributed by atoms with van der Waals surface area (Å²) in [6.07, 6.45) is 1.45. The highest BCUT2D eigenvalue weighted by molar-refractivity contribution is 5.77. The summed E-state index contributed by atoms with van der Waals surface area (Å²) < 4.78 is 0. The quantitative estimate of drug-likeness (QED) is 0.710. The average molecular weight is 256 g/mol. The first-order valence-electron chi connectivity index (χ1n) is 6.45. The van der Waals surface area contributed by atoms with Gasteiger partial charge in [0.2, 0.25) is 5.91 Å². The lowest BCUT2D eigenvalue weighted by molar-refractivity contribution is -0.132. The normalized spacial score (nSPS) is 15.7. The maximum atomic E-state index is 11.9. The lowest BCUT2D eigenvalue weighted by atomic mass is 10.2. The first kappa shape index (κ1) is 14.8.